The number of hydrogen-bond donors (Lipinski definition) is 1. The van der Waals surface area contributed by atoms with Gasteiger partial charge in [-0.05, 0) is 50.5 Å². The lowest BCUT2D eigenvalue weighted by atomic mass is 10.1. The van der Waals surface area contributed by atoms with Gasteiger partial charge >= 0.3 is 5.97 Å². The highest BCUT2D eigenvalue weighted by Gasteiger charge is 2.20. The first kappa shape index (κ1) is 21.3. The second-order valence-electron chi connectivity index (χ2n) is 6.25. The van der Waals surface area contributed by atoms with Gasteiger partial charge < -0.3 is 19.5 Å². The third kappa shape index (κ3) is 5.74. The zero-order chi connectivity index (χ0) is 20.5. The minimum absolute atomic E-state index is 0.313. The summed E-state index contributed by atoms with van der Waals surface area (Å²) in [6.07, 6.45) is -0.152. The van der Waals surface area contributed by atoms with Crippen LogP contribution in [0.3, 0.4) is 0 Å². The first-order chi connectivity index (χ1) is 13.5. The van der Waals surface area contributed by atoms with Crippen molar-refractivity contribution < 1.29 is 23.8 Å². The van der Waals surface area contributed by atoms with Crippen molar-refractivity contribution in [2.45, 2.75) is 40.2 Å². The van der Waals surface area contributed by atoms with Crippen LogP contribution in [0, 0.1) is 6.92 Å². The van der Waals surface area contributed by atoms with Crippen molar-refractivity contribution in [1.29, 1.82) is 0 Å². The van der Waals surface area contributed by atoms with Gasteiger partial charge in [-0.3, -0.25) is 4.79 Å². The van der Waals surface area contributed by atoms with Gasteiger partial charge in [-0.1, -0.05) is 37.3 Å². The molecule has 1 atom stereocenters. The van der Waals surface area contributed by atoms with Gasteiger partial charge in [0.05, 0.1) is 6.61 Å². The van der Waals surface area contributed by atoms with E-state index in [1.165, 1.54) is 6.92 Å². The third-order valence-electron chi connectivity index (χ3n) is 4.16. The lowest BCUT2D eigenvalue weighted by Gasteiger charge is -2.17. The summed E-state index contributed by atoms with van der Waals surface area (Å²) in [7, 11) is 0. The number of para-hydroxylation sites is 3. The van der Waals surface area contributed by atoms with Crippen LogP contribution in [0.2, 0.25) is 0 Å². The summed E-state index contributed by atoms with van der Waals surface area (Å²) >= 11 is 0. The van der Waals surface area contributed by atoms with Gasteiger partial charge in [0, 0.05) is 5.69 Å². The Labute approximate surface area is 165 Å². The first-order valence-corrected chi connectivity index (χ1v) is 9.39. The molecule has 2 aromatic carbocycles. The second-order valence-corrected chi connectivity index (χ2v) is 6.25. The fraction of sp³-hybridized carbons (Fsp3) is 0.364. The van der Waals surface area contributed by atoms with Crippen LogP contribution in [-0.4, -0.2) is 31.2 Å². The molecule has 2 aromatic rings. The number of hydrogen-bond acceptors (Lipinski definition) is 5. The van der Waals surface area contributed by atoms with E-state index in [4.69, 9.17) is 14.2 Å². The van der Waals surface area contributed by atoms with E-state index in [2.05, 4.69) is 5.32 Å². The van der Waals surface area contributed by atoms with Crippen molar-refractivity contribution in [2.75, 3.05) is 18.5 Å². The number of esters is 1. The van der Waals surface area contributed by atoms with Crippen molar-refractivity contribution >= 4 is 17.6 Å². The molecule has 0 fully saturated rings. The van der Waals surface area contributed by atoms with E-state index in [0.29, 0.717) is 18.1 Å². The maximum atomic E-state index is 12.4. The van der Waals surface area contributed by atoms with Crippen LogP contribution >= 0.6 is 0 Å². The molecule has 0 saturated heterocycles. The molecule has 0 heterocycles. The molecule has 1 amide bonds. The number of amides is 1. The number of anilines is 1. The number of nitrogens with one attached hydrogen (secondary N) is 1. The van der Waals surface area contributed by atoms with Crippen molar-refractivity contribution in [2.24, 2.45) is 0 Å². The Bertz CT molecular complexity index is 818. The van der Waals surface area contributed by atoms with Crippen molar-refractivity contribution in [1.82, 2.24) is 0 Å². The van der Waals surface area contributed by atoms with Crippen LogP contribution < -0.4 is 14.8 Å². The van der Waals surface area contributed by atoms with Gasteiger partial charge in [0.25, 0.3) is 5.91 Å². The van der Waals surface area contributed by atoms with Gasteiger partial charge in [0.1, 0.15) is 0 Å². The molecule has 0 bridgehead atoms. The zero-order valence-electron chi connectivity index (χ0n) is 16.8. The standard InChI is InChI=1S/C22H27NO5/c1-5-17-11-9-10-15(3)21(17)23-22(25)16(4)28-20(24)14-27-19-13-8-7-12-18(19)26-6-2/h7-13,16H,5-6,14H2,1-4H3,(H,23,25)/t16-/m1/s1. The quantitative estimate of drug-likeness (QED) is 0.663. The fourth-order valence-electron chi connectivity index (χ4n) is 2.69. The van der Waals surface area contributed by atoms with Gasteiger partial charge in [0.15, 0.2) is 24.2 Å². The summed E-state index contributed by atoms with van der Waals surface area (Å²) in [6, 6.07) is 12.9. The monoisotopic (exact) mass is 385 g/mol. The summed E-state index contributed by atoms with van der Waals surface area (Å²) in [4.78, 5) is 24.5. The van der Waals surface area contributed by atoms with E-state index >= 15 is 0 Å². The van der Waals surface area contributed by atoms with E-state index in [0.717, 1.165) is 23.2 Å². The molecule has 0 aromatic heterocycles. The van der Waals surface area contributed by atoms with Gasteiger partial charge in [-0.2, -0.15) is 0 Å². The zero-order valence-corrected chi connectivity index (χ0v) is 16.8. The van der Waals surface area contributed by atoms with E-state index in [1.807, 2.05) is 45.0 Å². The number of aryl methyl sites for hydroxylation is 2. The van der Waals surface area contributed by atoms with Crippen molar-refractivity contribution in [3.8, 4) is 11.5 Å². The Morgan fingerprint density at radius 1 is 1.00 bits per heavy atom. The summed E-state index contributed by atoms with van der Waals surface area (Å²) in [6.45, 7) is 7.52. The maximum Gasteiger partial charge on any atom is 0.344 e. The Balaban J connectivity index is 1.91. The van der Waals surface area contributed by atoms with Crippen LogP contribution in [0.1, 0.15) is 31.9 Å². The fourth-order valence-corrected chi connectivity index (χ4v) is 2.69. The molecule has 150 valence electrons. The van der Waals surface area contributed by atoms with E-state index < -0.39 is 12.1 Å². The van der Waals surface area contributed by atoms with Gasteiger partial charge in [0.2, 0.25) is 0 Å². The maximum absolute atomic E-state index is 12.4. The summed E-state index contributed by atoms with van der Waals surface area (Å²) in [5.74, 6) is -0.0114. The molecule has 0 aliphatic carbocycles. The lowest BCUT2D eigenvalue weighted by molar-refractivity contribution is -0.155. The Morgan fingerprint density at radius 3 is 2.32 bits per heavy atom. The van der Waals surface area contributed by atoms with E-state index in [-0.39, 0.29) is 12.5 Å². The van der Waals surface area contributed by atoms with E-state index in [9.17, 15) is 9.59 Å². The van der Waals surface area contributed by atoms with Crippen LogP contribution in [0.25, 0.3) is 0 Å². The Morgan fingerprint density at radius 2 is 1.68 bits per heavy atom. The largest absolute Gasteiger partial charge is 0.490 e. The predicted octanol–water partition coefficient (Wildman–Crippen LogP) is 3.91. The Hall–Kier alpha value is -3.02. The normalized spacial score (nSPS) is 11.4. The molecule has 0 unspecified atom stereocenters. The van der Waals surface area contributed by atoms with Gasteiger partial charge in [-0.25, -0.2) is 4.79 Å². The molecule has 6 nitrogen and oxygen atoms in total. The minimum Gasteiger partial charge on any atom is -0.490 e. The Kier molecular flexibility index (Phi) is 7.87. The summed E-state index contributed by atoms with van der Waals surface area (Å²) < 4.78 is 16.1. The molecule has 28 heavy (non-hydrogen) atoms. The first-order valence-electron chi connectivity index (χ1n) is 9.39. The molecule has 0 aliphatic heterocycles. The van der Waals surface area contributed by atoms with Crippen LogP contribution in [0.5, 0.6) is 11.5 Å². The molecule has 0 spiro atoms. The number of carbonyl (C=O) groups is 2. The highest BCUT2D eigenvalue weighted by atomic mass is 16.6. The highest BCUT2D eigenvalue weighted by Crippen LogP contribution is 2.26. The molecule has 0 saturated carbocycles. The molecule has 0 radical (unpaired) electrons. The van der Waals surface area contributed by atoms with Crippen LogP contribution in [-0.2, 0) is 20.7 Å². The van der Waals surface area contributed by atoms with Crippen molar-refractivity contribution in [3.63, 3.8) is 0 Å². The third-order valence-corrected chi connectivity index (χ3v) is 4.16. The second kappa shape index (κ2) is 10.3. The smallest absolute Gasteiger partial charge is 0.344 e. The topological polar surface area (TPSA) is 73.9 Å². The summed E-state index contributed by atoms with van der Waals surface area (Å²) in [5.41, 5.74) is 2.75. The van der Waals surface area contributed by atoms with Crippen molar-refractivity contribution in [3.05, 3.63) is 53.6 Å². The number of benzene rings is 2. The van der Waals surface area contributed by atoms with Crippen LogP contribution in [0.15, 0.2) is 42.5 Å². The van der Waals surface area contributed by atoms with E-state index in [1.54, 1.807) is 18.2 Å². The molecule has 1 N–H and O–H groups in total. The summed E-state index contributed by atoms with van der Waals surface area (Å²) in [5, 5.41) is 2.86. The SMILES string of the molecule is CCOc1ccccc1OCC(=O)O[C@H](C)C(=O)Nc1c(C)cccc1CC. The number of ether oxygens (including phenoxy) is 3. The molecule has 6 heteroatoms. The molecule has 2 rings (SSSR count). The molecular weight excluding hydrogens is 358 g/mol. The molecular formula is C22H27NO5. The predicted molar refractivity (Wildman–Crippen MR) is 108 cm³/mol. The number of rotatable bonds is 9. The van der Waals surface area contributed by atoms with Gasteiger partial charge in [-0.15, -0.1) is 0 Å². The highest BCUT2D eigenvalue weighted by molar-refractivity contribution is 5.96. The number of carbonyl (C=O) groups excluding carboxylic acids is 2. The molecule has 0 aliphatic rings. The average Bonchev–Trinajstić information content (AvgIpc) is 2.69. The minimum atomic E-state index is -0.942. The van der Waals surface area contributed by atoms with Crippen LogP contribution in [0.4, 0.5) is 5.69 Å². The average molecular weight is 385 g/mol. The lowest BCUT2D eigenvalue weighted by Crippen LogP contribution is -2.32.